The normalized spacial score (nSPS) is 10.8. The number of aromatic nitrogens is 2. The molecule has 1 heterocycles. The first-order valence-electron chi connectivity index (χ1n) is 5.30. The molecule has 2 aromatic rings. The molecule has 1 aromatic carbocycles. The minimum atomic E-state index is -0.446. The fourth-order valence-corrected chi connectivity index (χ4v) is 1.51. The molecule has 4 nitrogen and oxygen atoms in total. The van der Waals surface area contributed by atoms with Gasteiger partial charge in [0.1, 0.15) is 0 Å². The molecule has 17 heavy (non-hydrogen) atoms. The van der Waals surface area contributed by atoms with Crippen LogP contribution < -0.4 is 10.3 Å². The van der Waals surface area contributed by atoms with E-state index in [1.807, 2.05) is 13.8 Å². The number of hydrogen-bond donors (Lipinski definition) is 2. The minimum absolute atomic E-state index is 0.0811. The van der Waals surface area contributed by atoms with Crippen molar-refractivity contribution >= 4 is 0 Å². The van der Waals surface area contributed by atoms with E-state index >= 15 is 0 Å². The summed E-state index contributed by atoms with van der Waals surface area (Å²) in [6, 6.07) is 5.95. The Hall–Kier alpha value is -2.04. The van der Waals surface area contributed by atoms with Gasteiger partial charge in [0, 0.05) is 11.6 Å². The van der Waals surface area contributed by atoms with E-state index in [-0.39, 0.29) is 17.4 Å². The van der Waals surface area contributed by atoms with Crippen molar-refractivity contribution in [2.75, 3.05) is 0 Å². The standard InChI is InChI=1S/C12H13FN2O2/c1-7(2)17-11-4-3-8(5-9(11)13)10-6-12(16)15-14-10/h3-7H,1-2H3,(H2,14,15,16). The molecule has 0 aliphatic carbocycles. The summed E-state index contributed by atoms with van der Waals surface area (Å²) in [5.74, 6) is -0.236. The lowest BCUT2D eigenvalue weighted by Crippen LogP contribution is -2.06. The summed E-state index contributed by atoms with van der Waals surface area (Å²) in [7, 11) is 0. The summed E-state index contributed by atoms with van der Waals surface area (Å²) in [6.07, 6.45) is -0.0811. The molecule has 5 heteroatoms. The fraction of sp³-hybridized carbons (Fsp3) is 0.250. The second-order valence-electron chi connectivity index (χ2n) is 3.98. The first-order chi connectivity index (χ1) is 8.06. The van der Waals surface area contributed by atoms with Gasteiger partial charge in [-0.25, -0.2) is 4.39 Å². The van der Waals surface area contributed by atoms with Gasteiger partial charge in [0.2, 0.25) is 0 Å². The van der Waals surface area contributed by atoms with Crippen LogP contribution in [0.25, 0.3) is 11.3 Å². The Morgan fingerprint density at radius 2 is 2.00 bits per heavy atom. The van der Waals surface area contributed by atoms with Crippen LogP contribution in [0, 0.1) is 5.82 Å². The van der Waals surface area contributed by atoms with Crippen molar-refractivity contribution < 1.29 is 9.13 Å². The Morgan fingerprint density at radius 3 is 2.53 bits per heavy atom. The molecule has 0 amide bonds. The molecule has 0 unspecified atom stereocenters. The monoisotopic (exact) mass is 236 g/mol. The molecule has 0 aliphatic rings. The summed E-state index contributed by atoms with van der Waals surface area (Å²) >= 11 is 0. The van der Waals surface area contributed by atoms with Gasteiger partial charge in [-0.2, -0.15) is 0 Å². The predicted octanol–water partition coefficient (Wildman–Crippen LogP) is 2.30. The highest BCUT2D eigenvalue weighted by Gasteiger charge is 2.08. The van der Waals surface area contributed by atoms with Crippen LogP contribution in [-0.4, -0.2) is 16.3 Å². The number of hydrogen-bond acceptors (Lipinski definition) is 2. The van der Waals surface area contributed by atoms with Crippen LogP contribution in [0.15, 0.2) is 29.1 Å². The van der Waals surface area contributed by atoms with Crippen molar-refractivity contribution in [3.05, 3.63) is 40.4 Å². The summed E-state index contributed by atoms with van der Waals surface area (Å²) in [6.45, 7) is 3.66. The third-order valence-electron chi connectivity index (χ3n) is 2.20. The average Bonchev–Trinajstić information content (AvgIpc) is 2.67. The van der Waals surface area contributed by atoms with Crippen LogP contribution >= 0.6 is 0 Å². The maximum atomic E-state index is 13.7. The Balaban J connectivity index is 2.33. The molecule has 90 valence electrons. The van der Waals surface area contributed by atoms with E-state index in [2.05, 4.69) is 10.2 Å². The van der Waals surface area contributed by atoms with Crippen LogP contribution in [0.3, 0.4) is 0 Å². The summed E-state index contributed by atoms with van der Waals surface area (Å²) in [5, 5.41) is 5.06. The maximum Gasteiger partial charge on any atom is 0.264 e. The SMILES string of the molecule is CC(C)Oc1ccc(-c2cc(=O)[nH][nH]2)cc1F. The Morgan fingerprint density at radius 1 is 1.24 bits per heavy atom. The molecular weight excluding hydrogens is 223 g/mol. The number of benzene rings is 1. The van der Waals surface area contributed by atoms with Crippen molar-refractivity contribution in [3.63, 3.8) is 0 Å². The highest BCUT2D eigenvalue weighted by Crippen LogP contribution is 2.24. The van der Waals surface area contributed by atoms with Gasteiger partial charge in [-0.05, 0) is 32.0 Å². The lowest BCUT2D eigenvalue weighted by atomic mass is 10.1. The molecule has 0 saturated carbocycles. The molecule has 0 aliphatic heterocycles. The van der Waals surface area contributed by atoms with E-state index in [0.717, 1.165) is 0 Å². The largest absolute Gasteiger partial charge is 0.488 e. The molecule has 0 atom stereocenters. The smallest absolute Gasteiger partial charge is 0.264 e. The molecule has 0 saturated heterocycles. The van der Waals surface area contributed by atoms with Gasteiger partial charge in [0.05, 0.1) is 11.8 Å². The molecule has 0 spiro atoms. The van der Waals surface area contributed by atoms with Gasteiger partial charge in [-0.3, -0.25) is 15.0 Å². The van der Waals surface area contributed by atoms with E-state index in [9.17, 15) is 9.18 Å². The summed E-state index contributed by atoms with van der Waals surface area (Å²) < 4.78 is 19.0. The fourth-order valence-electron chi connectivity index (χ4n) is 1.51. The summed E-state index contributed by atoms with van der Waals surface area (Å²) in [4.78, 5) is 11.0. The van der Waals surface area contributed by atoms with E-state index in [0.29, 0.717) is 11.3 Å². The van der Waals surface area contributed by atoms with Gasteiger partial charge in [-0.15, -0.1) is 0 Å². The molecule has 0 radical (unpaired) electrons. The van der Waals surface area contributed by atoms with Crippen molar-refractivity contribution in [3.8, 4) is 17.0 Å². The third kappa shape index (κ3) is 2.55. The van der Waals surface area contributed by atoms with Crippen LogP contribution in [0.5, 0.6) is 5.75 Å². The Labute approximate surface area is 97.4 Å². The zero-order valence-corrected chi connectivity index (χ0v) is 9.58. The van der Waals surface area contributed by atoms with E-state index in [1.54, 1.807) is 12.1 Å². The quantitative estimate of drug-likeness (QED) is 0.859. The third-order valence-corrected chi connectivity index (χ3v) is 2.20. The number of rotatable bonds is 3. The first kappa shape index (κ1) is 11.4. The van der Waals surface area contributed by atoms with Crippen molar-refractivity contribution in [1.29, 1.82) is 0 Å². The highest BCUT2D eigenvalue weighted by molar-refractivity contribution is 5.59. The zero-order chi connectivity index (χ0) is 12.4. The van der Waals surface area contributed by atoms with Gasteiger partial charge in [0.25, 0.3) is 5.56 Å². The van der Waals surface area contributed by atoms with E-state index in [1.165, 1.54) is 12.1 Å². The van der Waals surface area contributed by atoms with Crippen molar-refractivity contribution in [2.24, 2.45) is 0 Å². The van der Waals surface area contributed by atoms with Crippen LogP contribution in [0.4, 0.5) is 4.39 Å². The van der Waals surface area contributed by atoms with E-state index in [4.69, 9.17) is 4.74 Å². The minimum Gasteiger partial charge on any atom is -0.488 e. The molecular formula is C12H13FN2O2. The summed E-state index contributed by atoms with van der Waals surface area (Å²) in [5.41, 5.74) is 0.893. The second kappa shape index (κ2) is 4.45. The molecule has 2 rings (SSSR count). The lowest BCUT2D eigenvalue weighted by molar-refractivity contribution is 0.231. The van der Waals surface area contributed by atoms with Gasteiger partial charge < -0.3 is 4.74 Å². The van der Waals surface area contributed by atoms with Gasteiger partial charge >= 0.3 is 0 Å². The zero-order valence-electron chi connectivity index (χ0n) is 9.58. The topological polar surface area (TPSA) is 57.9 Å². The second-order valence-corrected chi connectivity index (χ2v) is 3.98. The van der Waals surface area contributed by atoms with Crippen molar-refractivity contribution in [2.45, 2.75) is 20.0 Å². The van der Waals surface area contributed by atoms with Crippen LogP contribution in [0.1, 0.15) is 13.8 Å². The number of ether oxygens (including phenoxy) is 1. The average molecular weight is 236 g/mol. The molecule has 2 N–H and O–H groups in total. The van der Waals surface area contributed by atoms with E-state index < -0.39 is 5.82 Å². The molecule has 1 aromatic heterocycles. The predicted molar refractivity (Wildman–Crippen MR) is 62.6 cm³/mol. The van der Waals surface area contributed by atoms with Gasteiger partial charge in [0.15, 0.2) is 11.6 Å². The number of aromatic amines is 2. The Kier molecular flexibility index (Phi) is 2.99. The maximum absolute atomic E-state index is 13.7. The highest BCUT2D eigenvalue weighted by atomic mass is 19.1. The Bertz CT molecular complexity index is 572. The number of nitrogens with one attached hydrogen (secondary N) is 2. The number of halogens is 1. The first-order valence-corrected chi connectivity index (χ1v) is 5.30. The number of H-pyrrole nitrogens is 2. The lowest BCUT2D eigenvalue weighted by Gasteiger charge is -2.10. The van der Waals surface area contributed by atoms with Crippen molar-refractivity contribution in [1.82, 2.24) is 10.2 Å². The van der Waals surface area contributed by atoms with Crippen LogP contribution in [-0.2, 0) is 0 Å². The molecule has 0 bridgehead atoms. The van der Waals surface area contributed by atoms with Crippen LogP contribution in [0.2, 0.25) is 0 Å². The molecule has 0 fully saturated rings. The van der Waals surface area contributed by atoms with Gasteiger partial charge in [-0.1, -0.05) is 0 Å².